The molecule has 0 radical (unpaired) electrons. The van der Waals surface area contributed by atoms with Crippen molar-refractivity contribution in [2.75, 3.05) is 19.5 Å². The molecule has 26 heavy (non-hydrogen) atoms. The van der Waals surface area contributed by atoms with Crippen LogP contribution in [0.15, 0.2) is 54.1 Å². The lowest BCUT2D eigenvalue weighted by atomic mass is 10.1. The standard InChI is InChI=1S/C20H18N2O4/c1-25-19(23)16-7-3-15(4-8-16)13-22-18-9-5-14(6-10-18)11-17(12-21)20(24)26-2/h3-11,22H,13H2,1-2H3. The number of hydrogen-bond acceptors (Lipinski definition) is 6. The van der Waals surface area contributed by atoms with Crippen LogP contribution in [0.2, 0.25) is 0 Å². The monoisotopic (exact) mass is 350 g/mol. The second kappa shape index (κ2) is 9.04. The number of carbonyl (C=O) groups is 2. The number of anilines is 1. The third-order valence-electron chi connectivity index (χ3n) is 3.62. The molecule has 0 fully saturated rings. The molecule has 0 aliphatic heterocycles. The summed E-state index contributed by atoms with van der Waals surface area (Å²) in [7, 11) is 2.58. The van der Waals surface area contributed by atoms with Gasteiger partial charge in [0.05, 0.1) is 19.8 Å². The summed E-state index contributed by atoms with van der Waals surface area (Å²) < 4.78 is 9.21. The molecule has 0 heterocycles. The normalized spacial score (nSPS) is 10.6. The number of ether oxygens (including phenoxy) is 2. The van der Waals surface area contributed by atoms with Crippen LogP contribution in [0.5, 0.6) is 0 Å². The van der Waals surface area contributed by atoms with Crippen molar-refractivity contribution in [3.8, 4) is 6.07 Å². The first-order valence-corrected chi connectivity index (χ1v) is 7.78. The van der Waals surface area contributed by atoms with E-state index in [1.165, 1.54) is 20.3 Å². The number of nitrogens with one attached hydrogen (secondary N) is 1. The SMILES string of the molecule is COC(=O)C(C#N)=Cc1ccc(NCc2ccc(C(=O)OC)cc2)cc1. The minimum absolute atomic E-state index is 0.0566. The molecular weight excluding hydrogens is 332 g/mol. The summed E-state index contributed by atoms with van der Waals surface area (Å²) in [4.78, 5) is 22.8. The first-order valence-electron chi connectivity index (χ1n) is 7.78. The van der Waals surface area contributed by atoms with Crippen molar-refractivity contribution < 1.29 is 19.1 Å². The highest BCUT2D eigenvalue weighted by atomic mass is 16.5. The molecule has 0 atom stereocenters. The Balaban J connectivity index is 1.99. The number of benzene rings is 2. The van der Waals surface area contributed by atoms with E-state index >= 15 is 0 Å². The van der Waals surface area contributed by atoms with E-state index in [9.17, 15) is 9.59 Å². The summed E-state index contributed by atoms with van der Waals surface area (Å²) in [5.74, 6) is -1.03. The van der Waals surface area contributed by atoms with E-state index in [2.05, 4.69) is 14.8 Å². The zero-order valence-corrected chi connectivity index (χ0v) is 14.5. The Morgan fingerprint density at radius 3 is 2.23 bits per heavy atom. The first kappa shape index (κ1) is 18.7. The average Bonchev–Trinajstić information content (AvgIpc) is 2.70. The molecule has 2 aromatic carbocycles. The van der Waals surface area contributed by atoms with Crippen LogP contribution >= 0.6 is 0 Å². The smallest absolute Gasteiger partial charge is 0.348 e. The molecule has 132 valence electrons. The Bertz CT molecular complexity index is 847. The fourth-order valence-corrected chi connectivity index (χ4v) is 2.19. The molecule has 2 aromatic rings. The van der Waals surface area contributed by atoms with Crippen LogP contribution in [-0.2, 0) is 20.8 Å². The molecule has 6 nitrogen and oxygen atoms in total. The number of nitriles is 1. The fourth-order valence-electron chi connectivity index (χ4n) is 2.19. The van der Waals surface area contributed by atoms with E-state index < -0.39 is 5.97 Å². The highest BCUT2D eigenvalue weighted by Gasteiger charge is 2.08. The van der Waals surface area contributed by atoms with Gasteiger partial charge in [0.15, 0.2) is 0 Å². The molecule has 0 amide bonds. The van der Waals surface area contributed by atoms with Gasteiger partial charge >= 0.3 is 11.9 Å². The Kier molecular flexibility index (Phi) is 6.52. The van der Waals surface area contributed by atoms with Gasteiger partial charge in [-0.3, -0.25) is 0 Å². The van der Waals surface area contributed by atoms with Crippen molar-refractivity contribution in [3.63, 3.8) is 0 Å². The highest BCUT2D eigenvalue weighted by Crippen LogP contribution is 2.14. The lowest BCUT2D eigenvalue weighted by Gasteiger charge is -2.08. The molecule has 2 rings (SSSR count). The molecule has 0 saturated heterocycles. The van der Waals surface area contributed by atoms with Gasteiger partial charge in [0.1, 0.15) is 11.6 Å². The fraction of sp³-hybridized carbons (Fsp3) is 0.150. The van der Waals surface area contributed by atoms with Crippen LogP contribution in [0, 0.1) is 11.3 Å². The molecule has 0 saturated carbocycles. The predicted molar refractivity (Wildman–Crippen MR) is 97.2 cm³/mol. The van der Waals surface area contributed by atoms with E-state index in [0.29, 0.717) is 12.1 Å². The maximum absolute atomic E-state index is 11.4. The molecule has 0 unspecified atom stereocenters. The molecular formula is C20H18N2O4. The van der Waals surface area contributed by atoms with Gasteiger partial charge in [-0.05, 0) is 41.5 Å². The zero-order valence-electron chi connectivity index (χ0n) is 14.5. The molecule has 1 N–H and O–H groups in total. The molecule has 0 spiro atoms. The maximum atomic E-state index is 11.4. The van der Waals surface area contributed by atoms with Gasteiger partial charge in [-0.15, -0.1) is 0 Å². The number of esters is 2. The van der Waals surface area contributed by atoms with Crippen molar-refractivity contribution in [2.24, 2.45) is 0 Å². The van der Waals surface area contributed by atoms with Crippen LogP contribution in [-0.4, -0.2) is 26.2 Å². The lowest BCUT2D eigenvalue weighted by Crippen LogP contribution is -2.03. The summed E-state index contributed by atoms with van der Waals surface area (Å²) >= 11 is 0. The topological polar surface area (TPSA) is 88.4 Å². The summed E-state index contributed by atoms with van der Waals surface area (Å²) in [6.45, 7) is 0.586. The van der Waals surface area contributed by atoms with Crippen molar-refractivity contribution in [2.45, 2.75) is 6.54 Å². The number of carbonyl (C=O) groups excluding carboxylic acids is 2. The average molecular weight is 350 g/mol. The molecule has 0 aliphatic carbocycles. The predicted octanol–water partition coefficient (Wildman–Crippen LogP) is 3.17. The van der Waals surface area contributed by atoms with Gasteiger partial charge in [0.25, 0.3) is 0 Å². The van der Waals surface area contributed by atoms with E-state index in [4.69, 9.17) is 5.26 Å². The Morgan fingerprint density at radius 1 is 1.04 bits per heavy atom. The second-order valence-electron chi connectivity index (χ2n) is 5.33. The van der Waals surface area contributed by atoms with Crippen molar-refractivity contribution >= 4 is 23.7 Å². The summed E-state index contributed by atoms with van der Waals surface area (Å²) in [5.41, 5.74) is 3.07. The maximum Gasteiger partial charge on any atom is 0.348 e. The first-order chi connectivity index (χ1) is 12.6. The van der Waals surface area contributed by atoms with Crippen molar-refractivity contribution in [1.82, 2.24) is 0 Å². The Labute approximate surface area is 151 Å². The largest absolute Gasteiger partial charge is 0.465 e. The molecule has 0 bridgehead atoms. The quantitative estimate of drug-likeness (QED) is 0.489. The Hall–Kier alpha value is -3.59. The Morgan fingerprint density at radius 2 is 1.69 bits per heavy atom. The van der Waals surface area contributed by atoms with Crippen LogP contribution in [0.4, 0.5) is 5.69 Å². The van der Waals surface area contributed by atoms with Gasteiger partial charge in [-0.1, -0.05) is 24.3 Å². The number of hydrogen-bond donors (Lipinski definition) is 1. The summed E-state index contributed by atoms with van der Waals surface area (Å²) in [6, 6.07) is 16.2. The minimum Gasteiger partial charge on any atom is -0.465 e. The van der Waals surface area contributed by atoms with Crippen LogP contribution in [0.25, 0.3) is 6.08 Å². The molecule has 0 aromatic heterocycles. The highest BCUT2D eigenvalue weighted by molar-refractivity contribution is 5.97. The molecule has 0 aliphatic rings. The van der Waals surface area contributed by atoms with Crippen LogP contribution < -0.4 is 5.32 Å². The zero-order chi connectivity index (χ0) is 18.9. The van der Waals surface area contributed by atoms with Crippen LogP contribution in [0.3, 0.4) is 0 Å². The van der Waals surface area contributed by atoms with Gasteiger partial charge in [0.2, 0.25) is 0 Å². The lowest BCUT2D eigenvalue weighted by molar-refractivity contribution is -0.135. The molecule has 6 heteroatoms. The summed E-state index contributed by atoms with van der Waals surface area (Å²) in [6.07, 6.45) is 1.47. The van der Waals surface area contributed by atoms with Gasteiger partial charge in [-0.25, -0.2) is 9.59 Å². The number of methoxy groups -OCH3 is 2. The third kappa shape index (κ3) is 4.95. The van der Waals surface area contributed by atoms with Crippen molar-refractivity contribution in [3.05, 3.63) is 70.8 Å². The van der Waals surface area contributed by atoms with Crippen molar-refractivity contribution in [1.29, 1.82) is 5.26 Å². The minimum atomic E-state index is -0.662. The summed E-state index contributed by atoms with van der Waals surface area (Å²) in [5, 5.41) is 12.2. The van der Waals surface area contributed by atoms with Crippen LogP contribution in [0.1, 0.15) is 21.5 Å². The van der Waals surface area contributed by atoms with Gasteiger partial charge in [-0.2, -0.15) is 5.26 Å². The number of rotatable bonds is 6. The van der Waals surface area contributed by atoms with E-state index in [1.807, 2.05) is 30.3 Å². The number of nitrogens with zero attached hydrogens (tertiary/aromatic N) is 1. The second-order valence-corrected chi connectivity index (χ2v) is 5.33. The third-order valence-corrected chi connectivity index (χ3v) is 3.62. The van der Waals surface area contributed by atoms with Gasteiger partial charge in [0, 0.05) is 12.2 Å². The van der Waals surface area contributed by atoms with E-state index in [1.54, 1.807) is 24.3 Å². The van der Waals surface area contributed by atoms with E-state index in [-0.39, 0.29) is 11.5 Å². The van der Waals surface area contributed by atoms with E-state index in [0.717, 1.165) is 16.8 Å². The van der Waals surface area contributed by atoms with Gasteiger partial charge < -0.3 is 14.8 Å².